The average Bonchev–Trinajstić information content (AvgIpc) is 2.32. The topological polar surface area (TPSA) is 44.8 Å². The molecule has 0 bridgehead atoms. The van der Waals surface area contributed by atoms with E-state index in [2.05, 4.69) is 0 Å². The van der Waals surface area contributed by atoms with Crippen molar-refractivity contribution in [3.63, 3.8) is 0 Å². The Hall–Kier alpha value is 0.117. The number of Topliss-reactive ketones (excluding diaryl/α,β-unsaturated/α-hetero) is 1. The Labute approximate surface area is 112 Å². The van der Waals surface area contributed by atoms with Crippen LogP contribution in [-0.4, -0.2) is 35.9 Å². The zero-order valence-electron chi connectivity index (χ0n) is 11.0. The highest BCUT2D eigenvalue weighted by molar-refractivity contribution is 7.59. The van der Waals surface area contributed by atoms with Gasteiger partial charge in [-0.2, -0.15) is 13.5 Å². The van der Waals surface area contributed by atoms with Gasteiger partial charge in [0, 0.05) is 40.2 Å². The van der Waals surface area contributed by atoms with E-state index in [4.69, 9.17) is 13.3 Å². The maximum Gasteiger partial charge on any atom is 0.500 e. The average molecular weight is 280 g/mol. The second-order valence-electron chi connectivity index (χ2n) is 4.34. The summed E-state index contributed by atoms with van der Waals surface area (Å²) in [5.41, 5.74) is 0. The lowest BCUT2D eigenvalue weighted by molar-refractivity contribution is -0.121. The number of hydrogen-bond donors (Lipinski definition) is 0. The summed E-state index contributed by atoms with van der Waals surface area (Å²) in [6.07, 6.45) is 4.63. The lowest BCUT2D eigenvalue weighted by Gasteiger charge is -2.27. The van der Waals surface area contributed by atoms with Crippen LogP contribution < -0.4 is 0 Å². The molecule has 1 aliphatic carbocycles. The van der Waals surface area contributed by atoms with E-state index < -0.39 is 8.80 Å². The number of carbonyl (C=O) groups is 1. The Morgan fingerprint density at radius 2 is 1.82 bits per heavy atom. The van der Waals surface area contributed by atoms with Crippen molar-refractivity contribution < 1.29 is 18.1 Å². The van der Waals surface area contributed by atoms with Gasteiger partial charge in [0.15, 0.2) is 0 Å². The first kappa shape index (κ1) is 17.1. The largest absolute Gasteiger partial charge is 0.500 e. The summed E-state index contributed by atoms with van der Waals surface area (Å²) in [5.74, 6) is 0.893. The van der Waals surface area contributed by atoms with Crippen molar-refractivity contribution in [2.45, 2.75) is 38.1 Å². The van der Waals surface area contributed by atoms with Gasteiger partial charge in [-0.1, -0.05) is 0 Å². The van der Waals surface area contributed by atoms with Crippen LogP contribution in [-0.2, 0) is 18.1 Å². The molecular weight excluding hydrogens is 256 g/mol. The van der Waals surface area contributed by atoms with E-state index in [0.29, 0.717) is 11.7 Å². The molecular formula is C11H24O4SSi. The third kappa shape index (κ3) is 5.09. The van der Waals surface area contributed by atoms with E-state index in [-0.39, 0.29) is 13.5 Å². The summed E-state index contributed by atoms with van der Waals surface area (Å²) in [6, 6.07) is 0.800. The molecule has 102 valence electrons. The number of ketones is 1. The van der Waals surface area contributed by atoms with Crippen molar-refractivity contribution in [1.29, 1.82) is 0 Å². The van der Waals surface area contributed by atoms with Crippen LogP contribution in [0.4, 0.5) is 0 Å². The normalized spacial score (nSPS) is 21.1. The fourth-order valence-corrected chi connectivity index (χ4v) is 4.17. The van der Waals surface area contributed by atoms with Crippen molar-refractivity contribution in [3.8, 4) is 0 Å². The highest BCUT2D eigenvalue weighted by atomic mass is 32.1. The van der Waals surface area contributed by atoms with Crippen molar-refractivity contribution in [2.75, 3.05) is 21.3 Å². The van der Waals surface area contributed by atoms with Crippen molar-refractivity contribution in [2.24, 2.45) is 5.92 Å². The molecule has 1 unspecified atom stereocenters. The second kappa shape index (κ2) is 8.26. The van der Waals surface area contributed by atoms with E-state index in [1.165, 1.54) is 0 Å². The first-order valence-corrected chi connectivity index (χ1v) is 7.76. The van der Waals surface area contributed by atoms with Crippen LogP contribution in [0.3, 0.4) is 0 Å². The van der Waals surface area contributed by atoms with E-state index >= 15 is 0 Å². The van der Waals surface area contributed by atoms with Gasteiger partial charge in [-0.25, -0.2) is 0 Å². The van der Waals surface area contributed by atoms with Gasteiger partial charge in [0.1, 0.15) is 5.78 Å². The third-order valence-electron chi connectivity index (χ3n) is 3.38. The van der Waals surface area contributed by atoms with Gasteiger partial charge in [0.2, 0.25) is 0 Å². The quantitative estimate of drug-likeness (QED) is 0.699. The van der Waals surface area contributed by atoms with Gasteiger partial charge in [0.05, 0.1) is 0 Å². The minimum absolute atomic E-state index is 0. The fraction of sp³-hybridized carbons (Fsp3) is 0.909. The maximum atomic E-state index is 11.3. The van der Waals surface area contributed by atoms with Gasteiger partial charge >= 0.3 is 8.80 Å². The first-order valence-electron chi connectivity index (χ1n) is 5.83. The molecule has 1 fully saturated rings. The molecule has 0 aromatic rings. The van der Waals surface area contributed by atoms with Gasteiger partial charge < -0.3 is 13.3 Å². The van der Waals surface area contributed by atoms with Gasteiger partial charge in [-0.3, -0.25) is 4.79 Å². The van der Waals surface area contributed by atoms with Crippen LogP contribution in [0.5, 0.6) is 0 Å². The fourth-order valence-electron chi connectivity index (χ4n) is 2.30. The van der Waals surface area contributed by atoms with Gasteiger partial charge in [-0.15, -0.1) is 0 Å². The zero-order chi connectivity index (χ0) is 12.0. The van der Waals surface area contributed by atoms with Crippen molar-refractivity contribution in [3.05, 3.63) is 0 Å². The van der Waals surface area contributed by atoms with Crippen LogP contribution in [0, 0.1) is 5.92 Å². The number of rotatable bonds is 6. The Morgan fingerprint density at radius 3 is 2.29 bits per heavy atom. The summed E-state index contributed by atoms with van der Waals surface area (Å²) in [6.45, 7) is 0. The zero-order valence-corrected chi connectivity index (χ0v) is 13.0. The minimum atomic E-state index is -2.43. The highest BCUT2D eigenvalue weighted by Crippen LogP contribution is 2.28. The van der Waals surface area contributed by atoms with Crippen molar-refractivity contribution in [1.82, 2.24) is 0 Å². The Morgan fingerprint density at radius 1 is 1.24 bits per heavy atom. The summed E-state index contributed by atoms with van der Waals surface area (Å²) < 4.78 is 16.1. The molecule has 1 aliphatic rings. The summed E-state index contributed by atoms with van der Waals surface area (Å²) in [5, 5.41) is 0. The number of carbonyl (C=O) groups excluding carboxylic acids is 1. The molecule has 0 spiro atoms. The molecule has 1 rings (SSSR count). The first-order chi connectivity index (χ1) is 7.65. The molecule has 1 atom stereocenters. The summed E-state index contributed by atoms with van der Waals surface area (Å²) >= 11 is 0. The summed E-state index contributed by atoms with van der Waals surface area (Å²) in [4.78, 5) is 11.3. The van der Waals surface area contributed by atoms with Crippen molar-refractivity contribution >= 4 is 28.1 Å². The molecule has 0 aromatic carbocycles. The molecule has 1 saturated carbocycles. The Kier molecular flexibility index (Phi) is 8.32. The summed E-state index contributed by atoms with van der Waals surface area (Å²) in [7, 11) is 2.46. The van der Waals surface area contributed by atoms with Crippen LogP contribution in [0.1, 0.15) is 32.1 Å². The molecule has 4 nitrogen and oxygen atoms in total. The molecule has 0 radical (unpaired) electrons. The van der Waals surface area contributed by atoms with Gasteiger partial charge in [0.25, 0.3) is 0 Å². The van der Waals surface area contributed by atoms with E-state index in [1.54, 1.807) is 21.3 Å². The van der Waals surface area contributed by atoms with E-state index in [9.17, 15) is 4.79 Å². The molecule has 6 heteroatoms. The van der Waals surface area contributed by atoms with E-state index in [0.717, 1.165) is 38.1 Å². The Bertz CT molecular complexity index is 225. The lowest BCUT2D eigenvalue weighted by atomic mass is 9.87. The molecule has 0 aliphatic heterocycles. The molecule has 0 saturated heterocycles. The van der Waals surface area contributed by atoms with Crippen LogP contribution in [0.2, 0.25) is 6.04 Å². The monoisotopic (exact) mass is 280 g/mol. The molecule has 0 amide bonds. The SMILES string of the molecule is CO[Si](CCC1CCCC(=O)C1)(OC)OC.S. The molecule has 0 heterocycles. The van der Waals surface area contributed by atoms with Crippen LogP contribution in [0.25, 0.3) is 0 Å². The van der Waals surface area contributed by atoms with E-state index in [1.807, 2.05) is 0 Å². The third-order valence-corrected chi connectivity index (χ3v) is 6.14. The Balaban J connectivity index is 0.00000256. The van der Waals surface area contributed by atoms with Gasteiger partial charge in [-0.05, 0) is 25.2 Å². The number of hydrogen-bond acceptors (Lipinski definition) is 4. The minimum Gasteiger partial charge on any atom is -0.377 e. The van der Waals surface area contributed by atoms with Crippen LogP contribution in [0.15, 0.2) is 0 Å². The standard InChI is InChI=1S/C11H22O4Si.H2S/c1-13-16(14-2,15-3)8-7-10-5-4-6-11(12)9-10;/h10H,4-9H2,1-3H3;1H2. The lowest BCUT2D eigenvalue weighted by Crippen LogP contribution is -2.43. The second-order valence-corrected chi connectivity index (χ2v) is 7.43. The predicted molar refractivity (Wildman–Crippen MR) is 73.6 cm³/mol. The molecule has 0 aromatic heterocycles. The molecule has 17 heavy (non-hydrogen) atoms. The van der Waals surface area contributed by atoms with Crippen LogP contribution >= 0.6 is 13.5 Å². The maximum absolute atomic E-state index is 11.3. The molecule has 0 N–H and O–H groups in total. The highest BCUT2D eigenvalue weighted by Gasteiger charge is 2.38. The predicted octanol–water partition coefficient (Wildman–Crippen LogP) is 2.13. The smallest absolute Gasteiger partial charge is 0.377 e.